The minimum atomic E-state index is -0.489. The first-order chi connectivity index (χ1) is 12.2. The van der Waals surface area contributed by atoms with Crippen LogP contribution < -0.4 is 16.0 Å². The molecule has 2 aromatic rings. The van der Waals surface area contributed by atoms with E-state index < -0.39 is 5.82 Å². The Morgan fingerprint density at radius 3 is 2.56 bits per heavy atom. The van der Waals surface area contributed by atoms with Crippen molar-refractivity contribution >= 4 is 17.7 Å². The van der Waals surface area contributed by atoms with Crippen molar-refractivity contribution in [2.75, 3.05) is 17.7 Å². The van der Waals surface area contributed by atoms with Gasteiger partial charge in [-0.05, 0) is 43.9 Å². The second-order valence-electron chi connectivity index (χ2n) is 6.16. The van der Waals surface area contributed by atoms with Gasteiger partial charge in [-0.3, -0.25) is 4.79 Å². The van der Waals surface area contributed by atoms with Crippen molar-refractivity contribution in [3.8, 4) is 0 Å². The Labute approximate surface area is 146 Å². The van der Waals surface area contributed by atoms with Crippen molar-refractivity contribution in [3.63, 3.8) is 0 Å². The van der Waals surface area contributed by atoms with Crippen LogP contribution in [0.15, 0.2) is 36.5 Å². The van der Waals surface area contributed by atoms with Gasteiger partial charge in [-0.15, -0.1) is 0 Å². The Morgan fingerprint density at radius 1 is 1.12 bits per heavy atom. The fourth-order valence-electron chi connectivity index (χ4n) is 3.04. The summed E-state index contributed by atoms with van der Waals surface area (Å²) in [5, 5.41) is 9.25. The number of carbonyl (C=O) groups is 1. The van der Waals surface area contributed by atoms with Crippen LogP contribution in [0.2, 0.25) is 0 Å². The smallest absolute Gasteiger partial charge is 0.254 e. The number of hydrogen-bond acceptors (Lipinski definition) is 5. The minimum absolute atomic E-state index is 0.0646. The third-order valence-electron chi connectivity index (χ3n) is 4.43. The predicted molar refractivity (Wildman–Crippen MR) is 95.1 cm³/mol. The molecule has 1 heterocycles. The van der Waals surface area contributed by atoms with Gasteiger partial charge in [0.25, 0.3) is 5.91 Å². The van der Waals surface area contributed by atoms with E-state index >= 15 is 0 Å². The second-order valence-corrected chi connectivity index (χ2v) is 6.16. The first-order valence-corrected chi connectivity index (χ1v) is 8.48. The van der Waals surface area contributed by atoms with Crippen molar-refractivity contribution < 1.29 is 9.18 Å². The van der Waals surface area contributed by atoms with E-state index in [0.29, 0.717) is 5.95 Å². The molecule has 1 fully saturated rings. The number of anilines is 2. The minimum Gasteiger partial charge on any atom is -0.373 e. The van der Waals surface area contributed by atoms with Gasteiger partial charge in [-0.1, -0.05) is 12.1 Å². The standard InChI is InChI=1S/C18H22FN5O/c1-20-16-10-11-21-18(24-16)23-13-8-6-12(7-9-13)22-17(25)14-4-2-3-5-15(14)19/h2-5,10-13H,6-9H2,1H3,(H,22,25)(H2,20,21,23,24). The molecule has 6 nitrogen and oxygen atoms in total. The molecule has 0 saturated heterocycles. The lowest BCUT2D eigenvalue weighted by Crippen LogP contribution is -2.40. The van der Waals surface area contributed by atoms with Gasteiger partial charge in [-0.2, -0.15) is 4.98 Å². The number of amides is 1. The lowest BCUT2D eigenvalue weighted by atomic mass is 9.91. The quantitative estimate of drug-likeness (QED) is 0.778. The fraction of sp³-hybridized carbons (Fsp3) is 0.389. The summed E-state index contributed by atoms with van der Waals surface area (Å²) in [7, 11) is 1.82. The average Bonchev–Trinajstić information content (AvgIpc) is 2.64. The largest absolute Gasteiger partial charge is 0.373 e. The van der Waals surface area contributed by atoms with E-state index in [1.807, 2.05) is 7.05 Å². The highest BCUT2D eigenvalue weighted by molar-refractivity contribution is 5.94. The van der Waals surface area contributed by atoms with Gasteiger partial charge in [0.05, 0.1) is 5.56 Å². The molecular weight excluding hydrogens is 321 g/mol. The molecule has 0 aliphatic heterocycles. The van der Waals surface area contributed by atoms with E-state index in [2.05, 4.69) is 25.9 Å². The number of nitrogens with zero attached hydrogens (tertiary/aromatic N) is 2. The Morgan fingerprint density at radius 2 is 1.84 bits per heavy atom. The summed E-state index contributed by atoms with van der Waals surface area (Å²) in [6.07, 6.45) is 5.18. The normalized spacial score (nSPS) is 19.9. The van der Waals surface area contributed by atoms with Gasteiger partial charge < -0.3 is 16.0 Å². The number of hydrogen-bond donors (Lipinski definition) is 3. The van der Waals surface area contributed by atoms with Crippen LogP contribution in [0.1, 0.15) is 36.0 Å². The van der Waals surface area contributed by atoms with Gasteiger partial charge in [0.15, 0.2) is 0 Å². The lowest BCUT2D eigenvalue weighted by Gasteiger charge is -2.29. The molecule has 1 aliphatic rings. The molecule has 0 atom stereocenters. The number of nitrogens with one attached hydrogen (secondary N) is 3. The maximum atomic E-state index is 13.7. The molecule has 1 aromatic carbocycles. The van der Waals surface area contributed by atoms with Crippen LogP contribution in [0, 0.1) is 5.82 Å². The first-order valence-electron chi connectivity index (χ1n) is 8.48. The van der Waals surface area contributed by atoms with Crippen LogP contribution >= 0.6 is 0 Å². The van der Waals surface area contributed by atoms with Gasteiger partial charge in [-0.25, -0.2) is 9.37 Å². The van der Waals surface area contributed by atoms with Gasteiger partial charge in [0, 0.05) is 25.3 Å². The van der Waals surface area contributed by atoms with E-state index in [1.165, 1.54) is 12.1 Å². The molecule has 0 spiro atoms. The zero-order chi connectivity index (χ0) is 17.6. The van der Waals surface area contributed by atoms with Crippen LogP contribution in [0.4, 0.5) is 16.2 Å². The molecule has 0 bridgehead atoms. The van der Waals surface area contributed by atoms with Crippen LogP contribution in [0.25, 0.3) is 0 Å². The van der Waals surface area contributed by atoms with E-state index in [1.54, 1.807) is 24.4 Å². The van der Waals surface area contributed by atoms with Gasteiger partial charge in [0.1, 0.15) is 11.6 Å². The van der Waals surface area contributed by atoms with Crippen LogP contribution in [0.3, 0.4) is 0 Å². The van der Waals surface area contributed by atoms with Crippen molar-refractivity contribution in [1.82, 2.24) is 15.3 Å². The maximum absolute atomic E-state index is 13.7. The number of carbonyl (C=O) groups excluding carboxylic acids is 1. The average molecular weight is 343 g/mol. The van der Waals surface area contributed by atoms with Crippen LogP contribution in [0.5, 0.6) is 0 Å². The molecule has 0 radical (unpaired) electrons. The van der Waals surface area contributed by atoms with Crippen molar-refractivity contribution in [2.24, 2.45) is 0 Å². The molecule has 25 heavy (non-hydrogen) atoms. The van der Waals surface area contributed by atoms with E-state index in [0.717, 1.165) is 31.5 Å². The number of rotatable bonds is 5. The predicted octanol–water partition coefficient (Wildman–Crippen LogP) is 2.81. The van der Waals surface area contributed by atoms with Gasteiger partial charge >= 0.3 is 0 Å². The fourth-order valence-corrected chi connectivity index (χ4v) is 3.04. The number of benzene rings is 1. The summed E-state index contributed by atoms with van der Waals surface area (Å²) in [6.45, 7) is 0. The second kappa shape index (κ2) is 7.92. The Balaban J connectivity index is 1.50. The highest BCUT2D eigenvalue weighted by Crippen LogP contribution is 2.22. The third kappa shape index (κ3) is 4.43. The molecule has 3 N–H and O–H groups in total. The highest BCUT2D eigenvalue weighted by Gasteiger charge is 2.24. The van der Waals surface area contributed by atoms with Crippen molar-refractivity contribution in [3.05, 3.63) is 47.9 Å². The zero-order valence-corrected chi connectivity index (χ0v) is 14.1. The van der Waals surface area contributed by atoms with Crippen molar-refractivity contribution in [2.45, 2.75) is 37.8 Å². The summed E-state index contributed by atoms with van der Waals surface area (Å²) in [5.74, 6) is 0.533. The summed E-state index contributed by atoms with van der Waals surface area (Å²) >= 11 is 0. The maximum Gasteiger partial charge on any atom is 0.254 e. The molecule has 0 unspecified atom stereocenters. The lowest BCUT2D eigenvalue weighted by molar-refractivity contribution is 0.0922. The summed E-state index contributed by atoms with van der Waals surface area (Å²) in [5.41, 5.74) is 0.0972. The first kappa shape index (κ1) is 17.1. The molecule has 1 saturated carbocycles. The topological polar surface area (TPSA) is 78.9 Å². The van der Waals surface area contributed by atoms with Crippen LogP contribution in [-0.2, 0) is 0 Å². The van der Waals surface area contributed by atoms with Crippen LogP contribution in [-0.4, -0.2) is 35.0 Å². The summed E-state index contributed by atoms with van der Waals surface area (Å²) in [4.78, 5) is 20.8. The SMILES string of the molecule is CNc1ccnc(NC2CCC(NC(=O)c3ccccc3F)CC2)n1. The summed E-state index contributed by atoms with van der Waals surface area (Å²) < 4.78 is 13.7. The van der Waals surface area contributed by atoms with E-state index in [9.17, 15) is 9.18 Å². The molecule has 3 rings (SSSR count). The third-order valence-corrected chi connectivity index (χ3v) is 4.43. The molecule has 1 aliphatic carbocycles. The molecule has 1 aromatic heterocycles. The monoisotopic (exact) mass is 343 g/mol. The molecule has 7 heteroatoms. The van der Waals surface area contributed by atoms with Gasteiger partial charge in [0.2, 0.25) is 5.95 Å². The Bertz CT molecular complexity index is 731. The number of halogens is 1. The zero-order valence-electron chi connectivity index (χ0n) is 14.1. The van der Waals surface area contributed by atoms with Crippen molar-refractivity contribution in [1.29, 1.82) is 0 Å². The molecule has 1 amide bonds. The number of aromatic nitrogens is 2. The highest BCUT2D eigenvalue weighted by atomic mass is 19.1. The molecular formula is C18H22FN5O. The van der Waals surface area contributed by atoms with E-state index in [4.69, 9.17) is 0 Å². The Hall–Kier alpha value is -2.70. The Kier molecular flexibility index (Phi) is 5.42. The van der Waals surface area contributed by atoms with E-state index in [-0.39, 0.29) is 23.6 Å². The summed E-state index contributed by atoms with van der Waals surface area (Å²) in [6, 6.07) is 8.19. The molecule has 132 valence electrons.